The fourth-order valence-electron chi connectivity index (χ4n) is 2.72. The van der Waals surface area contributed by atoms with Crippen molar-refractivity contribution in [3.05, 3.63) is 0 Å². The number of hydrogen-bond acceptors (Lipinski definition) is 1. The van der Waals surface area contributed by atoms with Crippen molar-refractivity contribution in [3.8, 4) is 0 Å². The van der Waals surface area contributed by atoms with Crippen molar-refractivity contribution in [1.29, 1.82) is 0 Å². The minimum Gasteiger partial charge on any atom is -0.372 e. The summed E-state index contributed by atoms with van der Waals surface area (Å²) in [5, 5.41) is 0.104. The Labute approximate surface area is 112 Å². The van der Waals surface area contributed by atoms with E-state index in [1.165, 1.54) is 6.42 Å². The third-order valence-electron chi connectivity index (χ3n) is 3.59. The van der Waals surface area contributed by atoms with E-state index in [2.05, 4.69) is 11.7 Å². The van der Waals surface area contributed by atoms with Gasteiger partial charge in [-0.1, -0.05) is 19.8 Å². The maximum absolute atomic E-state index is 11.9. The lowest BCUT2D eigenvalue weighted by molar-refractivity contribution is -0.174. The summed E-state index contributed by atoms with van der Waals surface area (Å²) in [7, 11) is 0. The zero-order valence-electron chi connectivity index (χ0n) is 10.8. The lowest BCUT2D eigenvalue weighted by Crippen LogP contribution is -2.27. The molecule has 1 aliphatic rings. The molecule has 0 spiro atoms. The maximum atomic E-state index is 11.9. The molecule has 0 aliphatic heterocycles. The summed E-state index contributed by atoms with van der Waals surface area (Å²) in [5.41, 5.74) is 0. The van der Waals surface area contributed by atoms with Gasteiger partial charge in [-0.25, -0.2) is 0 Å². The first-order chi connectivity index (χ1) is 8.42. The van der Waals surface area contributed by atoms with Crippen LogP contribution in [-0.4, -0.2) is 24.8 Å². The van der Waals surface area contributed by atoms with E-state index in [1.807, 2.05) is 0 Å². The molecule has 0 N–H and O–H groups in total. The molecule has 1 fully saturated rings. The molecule has 0 saturated heterocycles. The highest BCUT2D eigenvalue weighted by Gasteiger charge is 2.30. The second-order valence-electron chi connectivity index (χ2n) is 5.20. The predicted octanol–water partition coefficient (Wildman–Crippen LogP) is 4.78. The Kier molecular flexibility index (Phi) is 6.78. The molecule has 5 heteroatoms. The molecule has 0 radical (unpaired) electrons. The fraction of sp³-hybridized carbons (Fsp3) is 1.00. The topological polar surface area (TPSA) is 9.23 Å². The van der Waals surface area contributed by atoms with Crippen molar-refractivity contribution in [2.24, 2.45) is 11.8 Å². The van der Waals surface area contributed by atoms with Crippen LogP contribution in [-0.2, 0) is 4.74 Å². The van der Waals surface area contributed by atoms with Crippen molar-refractivity contribution in [2.75, 3.05) is 13.2 Å². The van der Waals surface area contributed by atoms with Crippen LogP contribution >= 0.6 is 11.6 Å². The van der Waals surface area contributed by atoms with Crippen LogP contribution in [0.15, 0.2) is 0 Å². The Hall–Kier alpha value is 0.0400. The molecule has 0 aromatic carbocycles. The van der Waals surface area contributed by atoms with Crippen LogP contribution in [0.25, 0.3) is 0 Å². The van der Waals surface area contributed by atoms with Crippen LogP contribution in [0.4, 0.5) is 13.2 Å². The van der Waals surface area contributed by atoms with E-state index in [9.17, 15) is 13.2 Å². The summed E-state index contributed by atoms with van der Waals surface area (Å²) in [4.78, 5) is 0. The third kappa shape index (κ3) is 6.28. The number of rotatable bonds is 6. The smallest absolute Gasteiger partial charge is 0.372 e. The normalized spacial score (nSPS) is 29.5. The molecular weight excluding hydrogens is 265 g/mol. The Morgan fingerprint density at radius 1 is 1.22 bits per heavy atom. The molecule has 18 heavy (non-hydrogen) atoms. The highest BCUT2D eigenvalue weighted by Crippen LogP contribution is 2.36. The van der Waals surface area contributed by atoms with Gasteiger partial charge in [0, 0.05) is 12.0 Å². The molecule has 3 atom stereocenters. The highest BCUT2D eigenvalue weighted by molar-refractivity contribution is 6.20. The second-order valence-corrected chi connectivity index (χ2v) is 5.76. The lowest BCUT2D eigenvalue weighted by atomic mass is 9.78. The van der Waals surface area contributed by atoms with Gasteiger partial charge in [-0.05, 0) is 37.5 Å². The van der Waals surface area contributed by atoms with Gasteiger partial charge in [0.05, 0.1) is 0 Å². The van der Waals surface area contributed by atoms with Gasteiger partial charge in [0.2, 0.25) is 0 Å². The van der Waals surface area contributed by atoms with Crippen LogP contribution < -0.4 is 0 Å². The van der Waals surface area contributed by atoms with Gasteiger partial charge in [0.25, 0.3) is 0 Å². The van der Waals surface area contributed by atoms with Gasteiger partial charge in [-0.2, -0.15) is 13.2 Å². The van der Waals surface area contributed by atoms with Gasteiger partial charge in [0.15, 0.2) is 0 Å². The first-order valence-corrected chi connectivity index (χ1v) is 7.14. The van der Waals surface area contributed by atoms with E-state index in [-0.39, 0.29) is 12.0 Å². The summed E-state index contributed by atoms with van der Waals surface area (Å²) in [6, 6.07) is 0. The summed E-state index contributed by atoms with van der Waals surface area (Å²) in [6.45, 7) is 1.17. The molecule has 1 rings (SSSR count). The van der Waals surface area contributed by atoms with Crippen molar-refractivity contribution in [3.63, 3.8) is 0 Å². The quantitative estimate of drug-likeness (QED) is 0.504. The summed E-state index contributed by atoms with van der Waals surface area (Å²) >= 11 is 6.24. The standard InChI is InChI=1S/C13H22ClF3O/c1-2-3-10-4-5-12(14)11(8-10)6-7-18-9-13(15,16)17/h10-12H,2-9H2,1H3. The predicted molar refractivity (Wildman–Crippen MR) is 66.9 cm³/mol. The van der Waals surface area contributed by atoms with Crippen molar-refractivity contribution in [1.82, 2.24) is 0 Å². The molecular formula is C13H22ClF3O. The first-order valence-electron chi connectivity index (χ1n) is 6.71. The Morgan fingerprint density at radius 3 is 2.56 bits per heavy atom. The molecule has 1 nitrogen and oxygen atoms in total. The van der Waals surface area contributed by atoms with Gasteiger partial charge in [0.1, 0.15) is 6.61 Å². The average Bonchev–Trinajstić information content (AvgIpc) is 2.27. The monoisotopic (exact) mass is 286 g/mol. The van der Waals surface area contributed by atoms with Crippen LogP contribution in [0.3, 0.4) is 0 Å². The largest absolute Gasteiger partial charge is 0.411 e. The van der Waals surface area contributed by atoms with Crippen LogP contribution in [0.2, 0.25) is 0 Å². The number of halogens is 4. The lowest BCUT2D eigenvalue weighted by Gasteiger charge is -2.33. The molecule has 0 aromatic heterocycles. The minimum atomic E-state index is -4.22. The zero-order valence-corrected chi connectivity index (χ0v) is 11.6. The first kappa shape index (κ1) is 16.1. The van der Waals surface area contributed by atoms with Crippen LogP contribution in [0.1, 0.15) is 45.4 Å². The Morgan fingerprint density at radius 2 is 1.94 bits per heavy atom. The SMILES string of the molecule is CCCC1CCC(Cl)C(CCOCC(F)(F)F)C1. The summed E-state index contributed by atoms with van der Waals surface area (Å²) in [6.07, 6.45) is 1.95. The van der Waals surface area contributed by atoms with Crippen LogP contribution in [0.5, 0.6) is 0 Å². The Balaban J connectivity index is 2.22. The molecule has 108 valence electrons. The number of alkyl halides is 4. The van der Waals surface area contributed by atoms with E-state index in [0.29, 0.717) is 18.3 Å². The molecule has 0 amide bonds. The van der Waals surface area contributed by atoms with E-state index >= 15 is 0 Å². The highest BCUT2D eigenvalue weighted by atomic mass is 35.5. The Bertz CT molecular complexity index is 233. The number of ether oxygens (including phenoxy) is 1. The number of hydrogen-bond donors (Lipinski definition) is 0. The van der Waals surface area contributed by atoms with Crippen molar-refractivity contribution in [2.45, 2.75) is 57.0 Å². The summed E-state index contributed by atoms with van der Waals surface area (Å²) < 4.78 is 40.4. The molecule has 1 saturated carbocycles. The van der Waals surface area contributed by atoms with E-state index < -0.39 is 12.8 Å². The van der Waals surface area contributed by atoms with Gasteiger partial charge < -0.3 is 4.74 Å². The van der Waals surface area contributed by atoms with E-state index in [0.717, 1.165) is 25.7 Å². The third-order valence-corrected chi connectivity index (χ3v) is 4.17. The maximum Gasteiger partial charge on any atom is 0.411 e. The van der Waals surface area contributed by atoms with Gasteiger partial charge in [-0.15, -0.1) is 11.6 Å². The zero-order chi connectivity index (χ0) is 13.6. The van der Waals surface area contributed by atoms with E-state index in [4.69, 9.17) is 11.6 Å². The molecule has 3 unspecified atom stereocenters. The van der Waals surface area contributed by atoms with Gasteiger partial charge in [-0.3, -0.25) is 0 Å². The molecule has 0 aromatic rings. The average molecular weight is 287 g/mol. The van der Waals surface area contributed by atoms with Gasteiger partial charge >= 0.3 is 6.18 Å². The molecule has 0 heterocycles. The van der Waals surface area contributed by atoms with E-state index in [1.54, 1.807) is 0 Å². The summed E-state index contributed by atoms with van der Waals surface area (Å²) in [5.74, 6) is 1.00. The minimum absolute atomic E-state index is 0.104. The molecule has 1 aliphatic carbocycles. The van der Waals surface area contributed by atoms with Crippen molar-refractivity contribution >= 4 is 11.6 Å². The van der Waals surface area contributed by atoms with Crippen LogP contribution in [0, 0.1) is 11.8 Å². The fourth-order valence-corrected chi connectivity index (χ4v) is 3.07. The second kappa shape index (κ2) is 7.59. The van der Waals surface area contributed by atoms with Crippen molar-refractivity contribution < 1.29 is 17.9 Å². The molecule has 0 bridgehead atoms.